The van der Waals surface area contributed by atoms with E-state index in [0.717, 1.165) is 39.2 Å². The molecule has 3 rings (SSSR count). The van der Waals surface area contributed by atoms with E-state index in [2.05, 4.69) is 12.1 Å². The zero-order valence-corrected chi connectivity index (χ0v) is 20.3. The average molecular weight is 437 g/mol. The minimum Gasteiger partial charge on any atom is -0.378 e. The summed E-state index contributed by atoms with van der Waals surface area (Å²) in [4.78, 5) is 4.39. The third kappa shape index (κ3) is 4.62. The number of hydrogen-bond donors (Lipinski definition) is 0. The number of benzene rings is 3. The zero-order valence-electron chi connectivity index (χ0n) is 19.5. The molecule has 164 valence electrons. The number of anilines is 2. The SMILES string of the molecule is Cc1ccc(S(=O)(=O)C(c2ccc(N(C)C)cc2C)c2ccc(N(C)C)cc2C)cc1. The maximum absolute atomic E-state index is 14.0. The summed E-state index contributed by atoms with van der Waals surface area (Å²) in [5.74, 6) is 0. The Hall–Kier alpha value is -2.79. The van der Waals surface area contributed by atoms with Gasteiger partial charge in [0.15, 0.2) is 9.84 Å². The van der Waals surface area contributed by atoms with Crippen molar-refractivity contribution in [2.75, 3.05) is 38.0 Å². The van der Waals surface area contributed by atoms with Crippen molar-refractivity contribution in [3.8, 4) is 0 Å². The van der Waals surface area contributed by atoms with Crippen LogP contribution in [0.4, 0.5) is 11.4 Å². The smallest absolute Gasteiger partial charge is 0.189 e. The molecule has 0 fully saturated rings. The van der Waals surface area contributed by atoms with Crippen LogP contribution in [-0.2, 0) is 9.84 Å². The van der Waals surface area contributed by atoms with E-state index in [1.54, 1.807) is 12.1 Å². The molecule has 3 aromatic rings. The Labute approximate surface area is 187 Å². The predicted molar refractivity (Wildman–Crippen MR) is 131 cm³/mol. The highest BCUT2D eigenvalue weighted by molar-refractivity contribution is 7.92. The first-order valence-electron chi connectivity index (χ1n) is 10.4. The van der Waals surface area contributed by atoms with Crippen molar-refractivity contribution in [1.82, 2.24) is 0 Å². The van der Waals surface area contributed by atoms with E-state index in [4.69, 9.17) is 0 Å². The summed E-state index contributed by atoms with van der Waals surface area (Å²) in [7, 11) is 4.28. The van der Waals surface area contributed by atoms with E-state index in [1.807, 2.05) is 95.2 Å². The molecule has 5 heteroatoms. The molecule has 0 aromatic heterocycles. The summed E-state index contributed by atoms with van der Waals surface area (Å²) in [6.07, 6.45) is 0. The number of aryl methyl sites for hydroxylation is 3. The minimum atomic E-state index is -3.66. The molecule has 0 aliphatic carbocycles. The molecule has 0 aliphatic rings. The average Bonchev–Trinajstić information content (AvgIpc) is 2.70. The second-order valence-electron chi connectivity index (χ2n) is 8.61. The molecule has 4 nitrogen and oxygen atoms in total. The Morgan fingerprint density at radius 3 is 1.42 bits per heavy atom. The normalized spacial score (nSPS) is 11.6. The van der Waals surface area contributed by atoms with Crippen LogP contribution in [0.25, 0.3) is 0 Å². The van der Waals surface area contributed by atoms with Gasteiger partial charge in [-0.05, 0) is 79.4 Å². The lowest BCUT2D eigenvalue weighted by Gasteiger charge is -2.25. The van der Waals surface area contributed by atoms with Gasteiger partial charge in [0.1, 0.15) is 5.25 Å². The monoisotopic (exact) mass is 436 g/mol. The Bertz CT molecular complexity index is 1120. The largest absolute Gasteiger partial charge is 0.378 e. The van der Waals surface area contributed by atoms with Gasteiger partial charge in [-0.3, -0.25) is 0 Å². The molecule has 0 amide bonds. The van der Waals surface area contributed by atoms with Crippen molar-refractivity contribution in [2.24, 2.45) is 0 Å². The lowest BCUT2D eigenvalue weighted by Crippen LogP contribution is -2.19. The molecule has 0 N–H and O–H groups in total. The Balaban J connectivity index is 2.26. The maximum atomic E-state index is 14.0. The fourth-order valence-electron chi connectivity index (χ4n) is 3.83. The second kappa shape index (κ2) is 8.75. The first kappa shape index (κ1) is 22.9. The Morgan fingerprint density at radius 2 is 1.06 bits per heavy atom. The van der Waals surface area contributed by atoms with Crippen molar-refractivity contribution in [3.05, 3.63) is 88.5 Å². The molecular weight excluding hydrogens is 404 g/mol. The predicted octanol–water partition coefficient (Wildman–Crippen LogP) is 5.31. The van der Waals surface area contributed by atoms with Gasteiger partial charge < -0.3 is 9.80 Å². The van der Waals surface area contributed by atoms with Crippen LogP contribution in [-0.4, -0.2) is 36.6 Å². The fraction of sp³-hybridized carbons (Fsp3) is 0.308. The minimum absolute atomic E-state index is 0.343. The van der Waals surface area contributed by atoms with Gasteiger partial charge in [0.25, 0.3) is 0 Å². The lowest BCUT2D eigenvalue weighted by atomic mass is 9.96. The highest BCUT2D eigenvalue weighted by Gasteiger charge is 2.33. The van der Waals surface area contributed by atoms with Gasteiger partial charge in [-0.15, -0.1) is 0 Å². The van der Waals surface area contributed by atoms with Gasteiger partial charge in [0.05, 0.1) is 4.90 Å². The van der Waals surface area contributed by atoms with Gasteiger partial charge in [0.2, 0.25) is 0 Å². The molecule has 0 bridgehead atoms. The van der Waals surface area contributed by atoms with E-state index in [9.17, 15) is 8.42 Å². The first-order valence-corrected chi connectivity index (χ1v) is 11.9. The van der Waals surface area contributed by atoms with Gasteiger partial charge in [-0.2, -0.15) is 0 Å². The van der Waals surface area contributed by atoms with Crippen molar-refractivity contribution in [2.45, 2.75) is 30.9 Å². The summed E-state index contributed by atoms with van der Waals surface area (Å²) >= 11 is 0. The number of rotatable bonds is 6. The summed E-state index contributed by atoms with van der Waals surface area (Å²) in [5.41, 5.74) is 6.68. The number of hydrogen-bond acceptors (Lipinski definition) is 4. The van der Waals surface area contributed by atoms with E-state index >= 15 is 0 Å². The first-order chi connectivity index (χ1) is 14.5. The zero-order chi connectivity index (χ0) is 22.9. The maximum Gasteiger partial charge on any atom is 0.189 e. The topological polar surface area (TPSA) is 40.6 Å². The summed E-state index contributed by atoms with van der Waals surface area (Å²) in [6, 6.07) is 19.1. The molecule has 31 heavy (non-hydrogen) atoms. The van der Waals surface area contributed by atoms with Crippen LogP contribution in [0, 0.1) is 20.8 Å². The van der Waals surface area contributed by atoms with Crippen LogP contribution in [0.15, 0.2) is 65.6 Å². The quantitative estimate of drug-likeness (QED) is 0.525. The number of nitrogens with zero attached hydrogens (tertiary/aromatic N) is 2. The molecule has 0 spiro atoms. The lowest BCUT2D eigenvalue weighted by molar-refractivity contribution is 0.588. The van der Waals surface area contributed by atoms with Gasteiger partial charge >= 0.3 is 0 Å². The Morgan fingerprint density at radius 1 is 0.645 bits per heavy atom. The second-order valence-corrected chi connectivity index (χ2v) is 10.6. The highest BCUT2D eigenvalue weighted by atomic mass is 32.2. The van der Waals surface area contributed by atoms with E-state index < -0.39 is 15.1 Å². The van der Waals surface area contributed by atoms with E-state index in [1.165, 1.54) is 0 Å². The van der Waals surface area contributed by atoms with Crippen LogP contribution in [0.2, 0.25) is 0 Å². The molecule has 3 aromatic carbocycles. The summed E-state index contributed by atoms with van der Waals surface area (Å²) < 4.78 is 27.9. The molecular formula is C26H32N2O2S. The van der Waals surface area contributed by atoms with Crippen LogP contribution < -0.4 is 9.80 Å². The van der Waals surface area contributed by atoms with E-state index in [0.29, 0.717) is 4.90 Å². The molecule has 0 atom stereocenters. The molecule has 0 saturated heterocycles. The Kier molecular flexibility index (Phi) is 6.46. The van der Waals surface area contributed by atoms with Crippen LogP contribution in [0.1, 0.15) is 33.1 Å². The van der Waals surface area contributed by atoms with Crippen LogP contribution in [0.3, 0.4) is 0 Å². The molecule has 0 saturated carbocycles. The van der Waals surface area contributed by atoms with Crippen molar-refractivity contribution in [1.29, 1.82) is 0 Å². The van der Waals surface area contributed by atoms with Crippen LogP contribution >= 0.6 is 0 Å². The van der Waals surface area contributed by atoms with Crippen molar-refractivity contribution in [3.63, 3.8) is 0 Å². The third-order valence-corrected chi connectivity index (χ3v) is 7.82. The van der Waals surface area contributed by atoms with Crippen molar-refractivity contribution < 1.29 is 8.42 Å². The molecule has 0 unspecified atom stereocenters. The van der Waals surface area contributed by atoms with Crippen LogP contribution in [0.5, 0.6) is 0 Å². The van der Waals surface area contributed by atoms with Gasteiger partial charge in [-0.25, -0.2) is 8.42 Å². The summed E-state index contributed by atoms with van der Waals surface area (Å²) in [5, 5.41) is -0.775. The fourth-order valence-corrected chi connectivity index (χ4v) is 5.82. The highest BCUT2D eigenvalue weighted by Crippen LogP contribution is 2.39. The van der Waals surface area contributed by atoms with E-state index in [-0.39, 0.29) is 0 Å². The molecule has 0 heterocycles. The van der Waals surface area contributed by atoms with Gasteiger partial charge in [0, 0.05) is 39.6 Å². The standard InChI is InChI=1S/C26H32N2O2S/c1-18-8-12-23(13-9-18)31(29,30)26(24-14-10-21(27(4)5)16-19(24)2)25-15-11-22(28(6)7)17-20(25)3/h8-17,26H,1-7H3. The summed E-state index contributed by atoms with van der Waals surface area (Å²) in [6.45, 7) is 5.94. The number of sulfone groups is 1. The third-order valence-electron chi connectivity index (χ3n) is 5.76. The molecule has 0 aliphatic heterocycles. The van der Waals surface area contributed by atoms with Crippen molar-refractivity contribution >= 4 is 21.2 Å². The molecule has 0 radical (unpaired) electrons. The van der Waals surface area contributed by atoms with Gasteiger partial charge in [-0.1, -0.05) is 29.8 Å².